The van der Waals surface area contributed by atoms with Gasteiger partial charge < -0.3 is 16.8 Å². The van der Waals surface area contributed by atoms with Crippen molar-refractivity contribution in [1.82, 2.24) is 9.62 Å². The smallest absolute Gasteiger partial charge is 0.214 e. The molecule has 0 spiro atoms. The molecule has 0 aromatic rings. The van der Waals surface area contributed by atoms with Crippen LogP contribution in [-0.2, 0) is 10.0 Å². The van der Waals surface area contributed by atoms with Crippen LogP contribution in [0.25, 0.3) is 0 Å². The first kappa shape index (κ1) is 24.8. The molecule has 0 aromatic carbocycles. The summed E-state index contributed by atoms with van der Waals surface area (Å²) >= 11 is 0. The molecule has 5 N–H and O–H groups in total. The van der Waals surface area contributed by atoms with E-state index in [4.69, 9.17) is 11.5 Å². The predicted octanol–water partition coefficient (Wildman–Crippen LogP) is 2.05. The molecule has 0 aliphatic heterocycles. The summed E-state index contributed by atoms with van der Waals surface area (Å²) in [6.07, 6.45) is 10.2. The van der Waals surface area contributed by atoms with Gasteiger partial charge in [0.15, 0.2) is 0 Å². The van der Waals surface area contributed by atoms with Gasteiger partial charge in [-0.3, -0.25) is 0 Å². The number of sulfonamides is 1. The first-order valence-corrected chi connectivity index (χ1v) is 11.8. The lowest BCUT2D eigenvalue weighted by atomic mass is 10.1. The Kier molecular flexibility index (Phi) is 17.1. The molecular formula is C18H42N4O2S. The highest BCUT2D eigenvalue weighted by molar-refractivity contribution is 7.89. The highest BCUT2D eigenvalue weighted by Crippen LogP contribution is 2.11. The maximum atomic E-state index is 12.6. The van der Waals surface area contributed by atoms with E-state index in [1.165, 1.54) is 19.3 Å². The Balaban J connectivity index is 4.10. The van der Waals surface area contributed by atoms with Crippen LogP contribution in [0.2, 0.25) is 0 Å². The Morgan fingerprint density at radius 1 is 0.760 bits per heavy atom. The third kappa shape index (κ3) is 14.6. The van der Waals surface area contributed by atoms with Gasteiger partial charge in [-0.1, -0.05) is 39.0 Å². The van der Waals surface area contributed by atoms with Crippen LogP contribution >= 0.6 is 0 Å². The van der Waals surface area contributed by atoms with Crippen LogP contribution in [0.1, 0.15) is 71.1 Å². The van der Waals surface area contributed by atoms with E-state index in [1.807, 2.05) is 0 Å². The second kappa shape index (κ2) is 17.2. The lowest BCUT2D eigenvalue weighted by molar-refractivity contribution is 0.393. The van der Waals surface area contributed by atoms with Gasteiger partial charge in [0.2, 0.25) is 10.0 Å². The van der Waals surface area contributed by atoms with E-state index >= 15 is 0 Å². The van der Waals surface area contributed by atoms with E-state index in [1.54, 1.807) is 4.31 Å². The van der Waals surface area contributed by atoms with E-state index in [0.29, 0.717) is 26.2 Å². The van der Waals surface area contributed by atoms with Gasteiger partial charge in [0.25, 0.3) is 0 Å². The number of hydrogen-bond acceptors (Lipinski definition) is 5. The Hall–Kier alpha value is -0.210. The molecule has 7 heteroatoms. The fraction of sp³-hybridized carbons (Fsp3) is 1.00. The van der Waals surface area contributed by atoms with E-state index < -0.39 is 10.0 Å². The molecule has 0 rings (SSSR count). The highest BCUT2D eigenvalue weighted by atomic mass is 32.2. The zero-order valence-corrected chi connectivity index (χ0v) is 17.2. The molecule has 25 heavy (non-hydrogen) atoms. The third-order valence-electron chi connectivity index (χ3n) is 4.33. The molecule has 0 bridgehead atoms. The lowest BCUT2D eigenvalue weighted by Crippen LogP contribution is -2.36. The number of hydrogen-bond donors (Lipinski definition) is 3. The van der Waals surface area contributed by atoms with Crippen LogP contribution in [0.4, 0.5) is 0 Å². The monoisotopic (exact) mass is 378 g/mol. The maximum absolute atomic E-state index is 12.6. The second-order valence-corrected chi connectivity index (χ2v) is 8.81. The van der Waals surface area contributed by atoms with Crippen molar-refractivity contribution in [3.8, 4) is 0 Å². The molecule has 0 atom stereocenters. The molecule has 0 heterocycles. The standard InChI is InChI=1S/C18H42N4O2S/c1-2-3-4-5-6-9-18-25(23,24)22(17-11-13-20)16-8-7-14-21-15-10-12-19/h21H,2-20H2,1H3. The average molecular weight is 379 g/mol. The Morgan fingerprint density at radius 2 is 1.36 bits per heavy atom. The first-order valence-electron chi connectivity index (χ1n) is 10.2. The van der Waals surface area contributed by atoms with Crippen LogP contribution in [0.5, 0.6) is 0 Å². The summed E-state index contributed by atoms with van der Waals surface area (Å²) in [5.74, 6) is 0.276. The normalized spacial score (nSPS) is 12.2. The Morgan fingerprint density at radius 3 is 2.04 bits per heavy atom. The summed E-state index contributed by atoms with van der Waals surface area (Å²) in [6, 6.07) is 0. The number of nitrogens with zero attached hydrogens (tertiary/aromatic N) is 1. The van der Waals surface area contributed by atoms with Crippen molar-refractivity contribution >= 4 is 10.0 Å². The SMILES string of the molecule is CCCCCCCCS(=O)(=O)N(CCCN)CCCCNCCCN. The maximum Gasteiger partial charge on any atom is 0.214 e. The summed E-state index contributed by atoms with van der Waals surface area (Å²) in [7, 11) is -3.15. The van der Waals surface area contributed by atoms with Gasteiger partial charge >= 0.3 is 0 Å². The Bertz CT molecular complexity index is 377. The quantitative estimate of drug-likeness (QED) is 0.299. The van der Waals surface area contributed by atoms with Crippen molar-refractivity contribution in [2.24, 2.45) is 11.5 Å². The van der Waals surface area contributed by atoms with Crippen molar-refractivity contribution in [3.05, 3.63) is 0 Å². The van der Waals surface area contributed by atoms with Crippen molar-refractivity contribution in [2.75, 3.05) is 45.0 Å². The fourth-order valence-electron chi connectivity index (χ4n) is 2.74. The predicted molar refractivity (Wildman–Crippen MR) is 108 cm³/mol. The van der Waals surface area contributed by atoms with Crippen LogP contribution in [0.15, 0.2) is 0 Å². The molecular weight excluding hydrogens is 336 g/mol. The van der Waals surface area contributed by atoms with Crippen molar-refractivity contribution in [3.63, 3.8) is 0 Å². The van der Waals surface area contributed by atoms with Gasteiger partial charge in [-0.2, -0.15) is 0 Å². The fourth-order valence-corrected chi connectivity index (χ4v) is 4.38. The molecule has 0 aliphatic rings. The number of rotatable bonds is 19. The number of nitrogens with two attached hydrogens (primary N) is 2. The molecule has 0 unspecified atom stereocenters. The van der Waals surface area contributed by atoms with E-state index in [-0.39, 0.29) is 5.75 Å². The van der Waals surface area contributed by atoms with Crippen molar-refractivity contribution in [2.45, 2.75) is 71.1 Å². The lowest BCUT2D eigenvalue weighted by Gasteiger charge is -2.22. The minimum Gasteiger partial charge on any atom is -0.330 e. The van der Waals surface area contributed by atoms with Gasteiger partial charge in [-0.15, -0.1) is 0 Å². The van der Waals surface area contributed by atoms with Gasteiger partial charge in [0.1, 0.15) is 0 Å². The van der Waals surface area contributed by atoms with Crippen molar-refractivity contribution in [1.29, 1.82) is 0 Å². The van der Waals surface area contributed by atoms with Gasteiger partial charge in [0, 0.05) is 13.1 Å². The summed E-state index contributed by atoms with van der Waals surface area (Å²) in [6.45, 7) is 6.44. The molecule has 0 saturated carbocycles. The second-order valence-electron chi connectivity index (χ2n) is 6.72. The molecule has 152 valence electrons. The Labute approximate surface area is 156 Å². The number of unbranched alkanes of at least 4 members (excludes halogenated alkanes) is 6. The third-order valence-corrected chi connectivity index (χ3v) is 6.29. The van der Waals surface area contributed by atoms with Crippen LogP contribution in [-0.4, -0.2) is 57.7 Å². The van der Waals surface area contributed by atoms with E-state index in [0.717, 1.165) is 58.0 Å². The largest absolute Gasteiger partial charge is 0.330 e. The summed E-state index contributed by atoms with van der Waals surface area (Å²) < 4.78 is 26.8. The molecule has 0 fully saturated rings. The summed E-state index contributed by atoms with van der Waals surface area (Å²) in [5, 5.41) is 3.33. The van der Waals surface area contributed by atoms with Gasteiger partial charge in [-0.05, 0) is 58.3 Å². The van der Waals surface area contributed by atoms with Gasteiger partial charge in [0.05, 0.1) is 5.75 Å². The van der Waals surface area contributed by atoms with E-state index in [2.05, 4.69) is 12.2 Å². The molecule has 0 amide bonds. The molecule has 0 radical (unpaired) electrons. The van der Waals surface area contributed by atoms with Gasteiger partial charge in [-0.25, -0.2) is 12.7 Å². The number of nitrogens with one attached hydrogen (secondary N) is 1. The molecule has 0 saturated heterocycles. The average Bonchev–Trinajstić information content (AvgIpc) is 2.59. The summed E-state index contributed by atoms with van der Waals surface area (Å²) in [5.41, 5.74) is 11.0. The first-order chi connectivity index (χ1) is 12.1. The molecule has 0 aliphatic carbocycles. The molecule has 0 aromatic heterocycles. The van der Waals surface area contributed by atoms with Crippen molar-refractivity contribution < 1.29 is 8.42 Å². The topological polar surface area (TPSA) is 101 Å². The molecule has 6 nitrogen and oxygen atoms in total. The van der Waals surface area contributed by atoms with E-state index in [9.17, 15) is 8.42 Å². The minimum atomic E-state index is -3.15. The van der Waals surface area contributed by atoms with Crippen LogP contribution in [0.3, 0.4) is 0 Å². The van der Waals surface area contributed by atoms with Crippen LogP contribution < -0.4 is 16.8 Å². The summed E-state index contributed by atoms with van der Waals surface area (Å²) in [4.78, 5) is 0. The minimum absolute atomic E-state index is 0.276. The van der Waals surface area contributed by atoms with Crippen LogP contribution in [0, 0.1) is 0 Å². The zero-order chi connectivity index (χ0) is 18.8. The highest BCUT2D eigenvalue weighted by Gasteiger charge is 2.20. The zero-order valence-electron chi connectivity index (χ0n) is 16.3.